The number of aliphatic carboxylic acids is 1. The summed E-state index contributed by atoms with van der Waals surface area (Å²) in [5.41, 5.74) is 0.663. The van der Waals surface area contributed by atoms with Gasteiger partial charge in [0.15, 0.2) is 6.10 Å². The molecule has 0 radical (unpaired) electrons. The Morgan fingerprint density at radius 2 is 2.07 bits per heavy atom. The van der Waals surface area contributed by atoms with E-state index in [0.29, 0.717) is 5.57 Å². The molecule has 0 amide bonds. The van der Waals surface area contributed by atoms with Crippen LogP contribution in [-0.2, 0) is 9.53 Å². The molecule has 0 bridgehead atoms. The van der Waals surface area contributed by atoms with Gasteiger partial charge in [-0.15, -0.1) is 0 Å². The topological polar surface area (TPSA) is 46.5 Å². The molecule has 14 heavy (non-hydrogen) atoms. The molecule has 3 heteroatoms. The Morgan fingerprint density at radius 3 is 2.50 bits per heavy atom. The van der Waals surface area contributed by atoms with Crippen LogP contribution in [0.1, 0.15) is 39.0 Å². The second-order valence-electron chi connectivity index (χ2n) is 3.42. The van der Waals surface area contributed by atoms with Crippen molar-refractivity contribution < 1.29 is 14.6 Å². The lowest BCUT2D eigenvalue weighted by Gasteiger charge is -2.13. The van der Waals surface area contributed by atoms with Crippen molar-refractivity contribution in [2.45, 2.75) is 45.1 Å². The first-order valence-corrected chi connectivity index (χ1v) is 5.06. The van der Waals surface area contributed by atoms with Crippen LogP contribution in [0.25, 0.3) is 0 Å². The Labute approximate surface area is 85.8 Å². The highest BCUT2D eigenvalue weighted by atomic mass is 16.5. The molecule has 1 unspecified atom stereocenters. The molecule has 0 aromatic rings. The highest BCUT2D eigenvalue weighted by Crippen LogP contribution is 2.14. The number of hydrogen-bond acceptors (Lipinski definition) is 2. The molecule has 0 aliphatic rings. The summed E-state index contributed by atoms with van der Waals surface area (Å²) >= 11 is 0. The standard InChI is InChI=1S/C11H20O3/c1-4-5-6-7-8-9(2)10(14-3)11(12)13/h10H,2,4-8H2,1,3H3,(H,12,13). The van der Waals surface area contributed by atoms with Crippen LogP contribution in [0.4, 0.5) is 0 Å². The summed E-state index contributed by atoms with van der Waals surface area (Å²) in [5.74, 6) is -0.951. The van der Waals surface area contributed by atoms with Gasteiger partial charge in [0.25, 0.3) is 0 Å². The first kappa shape index (κ1) is 13.2. The molecule has 3 nitrogen and oxygen atoms in total. The first-order chi connectivity index (χ1) is 6.63. The predicted octanol–water partition coefficient (Wildman–Crippen LogP) is 2.61. The summed E-state index contributed by atoms with van der Waals surface area (Å²) in [5, 5.41) is 8.76. The van der Waals surface area contributed by atoms with E-state index in [1.54, 1.807) is 0 Å². The summed E-state index contributed by atoms with van der Waals surface area (Å²) < 4.78 is 4.83. The molecular weight excluding hydrogens is 180 g/mol. The molecule has 1 N–H and O–H groups in total. The number of carbonyl (C=O) groups is 1. The number of methoxy groups -OCH3 is 1. The molecule has 0 aliphatic heterocycles. The zero-order chi connectivity index (χ0) is 11.0. The SMILES string of the molecule is C=C(CCCCCC)C(OC)C(=O)O. The van der Waals surface area contributed by atoms with Crippen molar-refractivity contribution in [2.75, 3.05) is 7.11 Å². The fraction of sp³-hybridized carbons (Fsp3) is 0.727. The molecular formula is C11H20O3. The quantitative estimate of drug-likeness (QED) is 0.484. The van der Waals surface area contributed by atoms with E-state index in [4.69, 9.17) is 9.84 Å². The average molecular weight is 200 g/mol. The number of unbranched alkanes of at least 4 members (excludes halogenated alkanes) is 3. The third-order valence-corrected chi connectivity index (χ3v) is 2.18. The van der Waals surface area contributed by atoms with Crippen molar-refractivity contribution in [3.05, 3.63) is 12.2 Å². The van der Waals surface area contributed by atoms with Gasteiger partial charge in [-0.1, -0.05) is 32.8 Å². The van der Waals surface area contributed by atoms with Crippen LogP contribution in [0.3, 0.4) is 0 Å². The van der Waals surface area contributed by atoms with Crippen molar-refractivity contribution in [3.63, 3.8) is 0 Å². The zero-order valence-electron chi connectivity index (χ0n) is 9.08. The zero-order valence-corrected chi connectivity index (χ0v) is 9.08. The molecule has 0 saturated carbocycles. The molecule has 82 valence electrons. The number of carboxylic acid groups (broad SMARTS) is 1. The molecule has 0 spiro atoms. The van der Waals surface area contributed by atoms with Crippen LogP contribution in [0, 0.1) is 0 Å². The van der Waals surface area contributed by atoms with E-state index < -0.39 is 12.1 Å². The van der Waals surface area contributed by atoms with Gasteiger partial charge in [-0.05, 0) is 18.4 Å². The monoisotopic (exact) mass is 200 g/mol. The molecule has 0 aromatic heterocycles. The maximum atomic E-state index is 10.7. The Hall–Kier alpha value is -0.830. The number of ether oxygens (including phenoxy) is 1. The Morgan fingerprint density at radius 1 is 1.43 bits per heavy atom. The van der Waals surface area contributed by atoms with Gasteiger partial charge >= 0.3 is 5.97 Å². The van der Waals surface area contributed by atoms with Crippen molar-refractivity contribution in [2.24, 2.45) is 0 Å². The van der Waals surface area contributed by atoms with Crippen LogP contribution in [0.15, 0.2) is 12.2 Å². The maximum Gasteiger partial charge on any atom is 0.337 e. The molecule has 0 rings (SSSR count). The van der Waals surface area contributed by atoms with Crippen LogP contribution >= 0.6 is 0 Å². The first-order valence-electron chi connectivity index (χ1n) is 5.06. The van der Waals surface area contributed by atoms with Gasteiger partial charge in [-0.2, -0.15) is 0 Å². The van der Waals surface area contributed by atoms with E-state index in [2.05, 4.69) is 13.5 Å². The van der Waals surface area contributed by atoms with Gasteiger partial charge in [0.1, 0.15) is 0 Å². The Bertz CT molecular complexity index is 187. The lowest BCUT2D eigenvalue weighted by molar-refractivity contribution is -0.146. The summed E-state index contributed by atoms with van der Waals surface area (Å²) in [6.45, 7) is 5.88. The van der Waals surface area contributed by atoms with Crippen molar-refractivity contribution in [1.82, 2.24) is 0 Å². The Balaban J connectivity index is 3.76. The second-order valence-corrected chi connectivity index (χ2v) is 3.42. The van der Waals surface area contributed by atoms with E-state index in [1.165, 1.54) is 20.0 Å². The maximum absolute atomic E-state index is 10.7. The summed E-state index contributed by atoms with van der Waals surface area (Å²) in [6, 6.07) is 0. The Kier molecular flexibility index (Phi) is 7.11. The fourth-order valence-electron chi connectivity index (χ4n) is 1.35. The van der Waals surface area contributed by atoms with Gasteiger partial charge in [0, 0.05) is 7.11 Å². The normalized spacial score (nSPS) is 12.4. The van der Waals surface area contributed by atoms with Crippen molar-refractivity contribution in [3.8, 4) is 0 Å². The van der Waals surface area contributed by atoms with Gasteiger partial charge in [0.2, 0.25) is 0 Å². The van der Waals surface area contributed by atoms with Gasteiger partial charge in [-0.3, -0.25) is 0 Å². The molecule has 0 aliphatic carbocycles. The van der Waals surface area contributed by atoms with Crippen LogP contribution in [0.5, 0.6) is 0 Å². The largest absolute Gasteiger partial charge is 0.479 e. The minimum Gasteiger partial charge on any atom is -0.479 e. The second kappa shape index (κ2) is 7.56. The highest BCUT2D eigenvalue weighted by Gasteiger charge is 2.19. The molecule has 0 aromatic carbocycles. The molecule has 1 atom stereocenters. The number of carboxylic acids is 1. The van der Waals surface area contributed by atoms with Gasteiger partial charge in [-0.25, -0.2) is 4.79 Å². The van der Waals surface area contributed by atoms with Crippen LogP contribution in [-0.4, -0.2) is 24.3 Å². The van der Waals surface area contributed by atoms with Crippen LogP contribution in [0.2, 0.25) is 0 Å². The highest BCUT2D eigenvalue weighted by molar-refractivity contribution is 5.75. The minimum absolute atomic E-state index is 0.663. The summed E-state index contributed by atoms with van der Waals surface area (Å²) in [6.07, 6.45) is 4.41. The lowest BCUT2D eigenvalue weighted by atomic mass is 10.0. The summed E-state index contributed by atoms with van der Waals surface area (Å²) in [4.78, 5) is 10.7. The van der Waals surface area contributed by atoms with Crippen molar-refractivity contribution >= 4 is 5.97 Å². The van der Waals surface area contributed by atoms with Crippen LogP contribution < -0.4 is 0 Å². The summed E-state index contributed by atoms with van der Waals surface area (Å²) in [7, 11) is 1.40. The van der Waals surface area contributed by atoms with E-state index >= 15 is 0 Å². The predicted molar refractivity (Wildman–Crippen MR) is 56.3 cm³/mol. The third-order valence-electron chi connectivity index (χ3n) is 2.18. The smallest absolute Gasteiger partial charge is 0.337 e. The molecule has 0 saturated heterocycles. The molecule has 0 fully saturated rings. The van der Waals surface area contributed by atoms with Gasteiger partial charge in [0.05, 0.1) is 0 Å². The third kappa shape index (κ3) is 5.02. The fourth-order valence-corrected chi connectivity index (χ4v) is 1.35. The number of hydrogen-bond donors (Lipinski definition) is 1. The van der Waals surface area contributed by atoms with E-state index in [9.17, 15) is 4.79 Å². The lowest BCUT2D eigenvalue weighted by Crippen LogP contribution is -2.24. The minimum atomic E-state index is -0.951. The number of rotatable bonds is 8. The van der Waals surface area contributed by atoms with E-state index in [0.717, 1.165) is 19.3 Å². The van der Waals surface area contributed by atoms with E-state index in [-0.39, 0.29) is 0 Å². The van der Waals surface area contributed by atoms with Gasteiger partial charge < -0.3 is 9.84 Å². The molecule has 0 heterocycles. The van der Waals surface area contributed by atoms with Crippen molar-refractivity contribution in [1.29, 1.82) is 0 Å². The van der Waals surface area contributed by atoms with E-state index in [1.807, 2.05) is 0 Å². The average Bonchev–Trinajstić information content (AvgIpc) is 2.13.